The zero-order chi connectivity index (χ0) is 20.9. The molecule has 8 heteroatoms. The van der Waals surface area contributed by atoms with Crippen molar-refractivity contribution < 1.29 is 13.9 Å². The van der Waals surface area contributed by atoms with Crippen LogP contribution in [0, 0.1) is 5.92 Å². The van der Waals surface area contributed by atoms with E-state index in [0.717, 1.165) is 48.8 Å². The molecule has 3 aromatic rings. The summed E-state index contributed by atoms with van der Waals surface area (Å²) in [5.41, 5.74) is 0.929. The van der Waals surface area contributed by atoms with Gasteiger partial charge in [0.25, 0.3) is 0 Å². The molecular formula is C22H26N4O3S. The quantitative estimate of drug-likeness (QED) is 0.533. The van der Waals surface area contributed by atoms with Crippen molar-refractivity contribution in [3.05, 3.63) is 48.4 Å². The molecular weight excluding hydrogens is 400 g/mol. The third-order valence-corrected chi connectivity index (χ3v) is 6.37. The number of aromatic nitrogens is 3. The Morgan fingerprint density at radius 1 is 1.20 bits per heavy atom. The first-order chi connectivity index (χ1) is 14.6. The third kappa shape index (κ3) is 4.70. The number of carbonyl (C=O) groups is 1. The summed E-state index contributed by atoms with van der Waals surface area (Å²) < 4.78 is 12.8. The van der Waals surface area contributed by atoms with Crippen LogP contribution < -0.4 is 4.74 Å². The van der Waals surface area contributed by atoms with E-state index in [9.17, 15) is 4.79 Å². The number of nitrogens with zero attached hydrogens (tertiary/aromatic N) is 4. The first kappa shape index (κ1) is 20.5. The number of amides is 1. The molecule has 0 atom stereocenters. The second-order valence-corrected chi connectivity index (χ2v) is 8.49. The van der Waals surface area contributed by atoms with Crippen LogP contribution >= 0.6 is 11.8 Å². The van der Waals surface area contributed by atoms with E-state index in [0.29, 0.717) is 23.4 Å². The minimum atomic E-state index is 0.158. The highest BCUT2D eigenvalue weighted by Crippen LogP contribution is 2.27. The fourth-order valence-electron chi connectivity index (χ4n) is 3.53. The molecule has 30 heavy (non-hydrogen) atoms. The lowest BCUT2D eigenvalue weighted by atomic mass is 9.99. The molecule has 4 rings (SSSR count). The van der Waals surface area contributed by atoms with Crippen LogP contribution in [-0.4, -0.2) is 51.5 Å². The molecule has 0 bridgehead atoms. The minimum absolute atomic E-state index is 0.158. The molecule has 0 spiro atoms. The summed E-state index contributed by atoms with van der Waals surface area (Å²) in [4.78, 5) is 14.6. The summed E-state index contributed by atoms with van der Waals surface area (Å²) in [7, 11) is 1.64. The Bertz CT molecular complexity index is 961. The monoisotopic (exact) mass is 426 g/mol. The lowest BCUT2D eigenvalue weighted by Crippen LogP contribution is -2.38. The maximum Gasteiger partial charge on any atom is 0.233 e. The molecule has 0 N–H and O–H groups in total. The zero-order valence-electron chi connectivity index (χ0n) is 17.3. The Morgan fingerprint density at radius 2 is 1.97 bits per heavy atom. The predicted molar refractivity (Wildman–Crippen MR) is 116 cm³/mol. The van der Waals surface area contributed by atoms with Gasteiger partial charge in [-0.1, -0.05) is 18.7 Å². The van der Waals surface area contributed by atoms with E-state index in [1.54, 1.807) is 13.4 Å². The maximum atomic E-state index is 12.7. The highest BCUT2D eigenvalue weighted by molar-refractivity contribution is 7.99. The van der Waals surface area contributed by atoms with E-state index in [1.165, 1.54) is 11.8 Å². The zero-order valence-corrected chi connectivity index (χ0v) is 18.1. The molecule has 1 aliphatic heterocycles. The first-order valence-electron chi connectivity index (χ1n) is 10.1. The molecule has 1 aliphatic rings. The van der Waals surface area contributed by atoms with Gasteiger partial charge in [0.2, 0.25) is 5.91 Å². The largest absolute Gasteiger partial charge is 0.497 e. The summed E-state index contributed by atoms with van der Waals surface area (Å²) in [5.74, 6) is 3.54. The second kappa shape index (κ2) is 9.38. The topological polar surface area (TPSA) is 73.4 Å². The molecule has 0 radical (unpaired) electrons. The first-order valence-corrected chi connectivity index (χ1v) is 11.1. The fourth-order valence-corrected chi connectivity index (χ4v) is 4.37. The van der Waals surface area contributed by atoms with Crippen LogP contribution in [0.3, 0.4) is 0 Å². The molecule has 0 unspecified atom stereocenters. The van der Waals surface area contributed by atoms with Crippen LogP contribution in [0.5, 0.6) is 5.75 Å². The lowest BCUT2D eigenvalue weighted by Gasteiger charge is -2.30. The van der Waals surface area contributed by atoms with Crippen molar-refractivity contribution in [3.63, 3.8) is 0 Å². The molecule has 0 aliphatic carbocycles. The molecule has 158 valence electrons. The van der Waals surface area contributed by atoms with E-state index < -0.39 is 0 Å². The Balaban J connectivity index is 1.53. The van der Waals surface area contributed by atoms with Gasteiger partial charge in [-0.15, -0.1) is 10.2 Å². The number of benzene rings is 1. The molecule has 0 saturated carbocycles. The second-order valence-electron chi connectivity index (χ2n) is 7.55. The summed E-state index contributed by atoms with van der Waals surface area (Å²) in [6, 6.07) is 11.5. The molecule has 7 nitrogen and oxygen atoms in total. The van der Waals surface area contributed by atoms with Crippen LogP contribution in [0.15, 0.2) is 52.2 Å². The molecule has 2 aromatic heterocycles. The van der Waals surface area contributed by atoms with Gasteiger partial charge in [0.1, 0.15) is 11.5 Å². The van der Waals surface area contributed by atoms with Crippen molar-refractivity contribution in [2.45, 2.75) is 31.5 Å². The Kier molecular flexibility index (Phi) is 6.42. The number of rotatable bonds is 7. The molecule has 1 saturated heterocycles. The van der Waals surface area contributed by atoms with Crippen LogP contribution in [0.25, 0.3) is 11.4 Å². The number of thioether (sulfide) groups is 1. The fraction of sp³-hybridized carbons (Fsp3) is 0.409. The van der Waals surface area contributed by atoms with E-state index in [-0.39, 0.29) is 5.91 Å². The van der Waals surface area contributed by atoms with E-state index >= 15 is 0 Å². The smallest absolute Gasteiger partial charge is 0.233 e. The van der Waals surface area contributed by atoms with Gasteiger partial charge in [0.05, 0.1) is 25.7 Å². The third-order valence-electron chi connectivity index (χ3n) is 5.42. The van der Waals surface area contributed by atoms with E-state index in [1.807, 2.05) is 45.9 Å². The number of hydrogen-bond acceptors (Lipinski definition) is 6. The van der Waals surface area contributed by atoms with Gasteiger partial charge < -0.3 is 14.1 Å². The summed E-state index contributed by atoms with van der Waals surface area (Å²) >= 11 is 1.43. The van der Waals surface area contributed by atoms with Gasteiger partial charge >= 0.3 is 0 Å². The number of furan rings is 1. The van der Waals surface area contributed by atoms with Crippen LogP contribution in [0.1, 0.15) is 25.5 Å². The summed E-state index contributed by atoms with van der Waals surface area (Å²) in [5, 5.41) is 9.49. The normalized spacial score (nSPS) is 14.8. The average molecular weight is 427 g/mol. The average Bonchev–Trinajstić information content (AvgIpc) is 3.43. The predicted octanol–water partition coefficient (Wildman–Crippen LogP) is 3.95. The van der Waals surface area contributed by atoms with Crippen molar-refractivity contribution in [1.29, 1.82) is 0 Å². The Labute approximate surface area is 180 Å². The van der Waals surface area contributed by atoms with Gasteiger partial charge in [0.15, 0.2) is 11.0 Å². The number of ether oxygens (including phenoxy) is 1. The van der Waals surface area contributed by atoms with Crippen LogP contribution in [0.2, 0.25) is 0 Å². The van der Waals surface area contributed by atoms with Crippen molar-refractivity contribution in [2.75, 3.05) is 26.0 Å². The van der Waals surface area contributed by atoms with Gasteiger partial charge in [-0.05, 0) is 55.2 Å². The minimum Gasteiger partial charge on any atom is -0.497 e. The van der Waals surface area contributed by atoms with Crippen LogP contribution in [0.4, 0.5) is 0 Å². The van der Waals surface area contributed by atoms with E-state index in [2.05, 4.69) is 17.1 Å². The number of likely N-dealkylation sites (tertiary alicyclic amines) is 1. The number of piperidine rings is 1. The molecule has 1 amide bonds. The summed E-state index contributed by atoms with van der Waals surface area (Å²) in [6.07, 6.45) is 3.81. The lowest BCUT2D eigenvalue weighted by molar-refractivity contribution is -0.129. The van der Waals surface area contributed by atoms with E-state index in [4.69, 9.17) is 9.15 Å². The molecule has 1 aromatic carbocycles. The standard InChI is InChI=1S/C22H26N4O3S/c1-16-9-11-25(12-10-16)20(27)15-30-22-24-23-21(17-5-7-18(28-2)8-6-17)26(22)14-19-4-3-13-29-19/h3-8,13,16H,9-12,14-15H2,1-2H3. The SMILES string of the molecule is COc1ccc(-c2nnc(SCC(=O)N3CCC(C)CC3)n2Cc2ccco2)cc1. The van der Waals surface area contributed by atoms with Crippen molar-refractivity contribution in [1.82, 2.24) is 19.7 Å². The summed E-state index contributed by atoms with van der Waals surface area (Å²) in [6.45, 7) is 4.43. The van der Waals surface area contributed by atoms with Crippen molar-refractivity contribution in [2.24, 2.45) is 5.92 Å². The highest BCUT2D eigenvalue weighted by atomic mass is 32.2. The Hall–Kier alpha value is -2.74. The highest BCUT2D eigenvalue weighted by Gasteiger charge is 2.22. The Morgan fingerprint density at radius 3 is 2.63 bits per heavy atom. The van der Waals surface area contributed by atoms with Gasteiger partial charge in [0, 0.05) is 18.7 Å². The van der Waals surface area contributed by atoms with Crippen LogP contribution in [-0.2, 0) is 11.3 Å². The number of carbonyl (C=O) groups excluding carboxylic acids is 1. The van der Waals surface area contributed by atoms with Crippen molar-refractivity contribution >= 4 is 17.7 Å². The van der Waals surface area contributed by atoms with Gasteiger partial charge in [-0.3, -0.25) is 9.36 Å². The molecule has 3 heterocycles. The maximum absolute atomic E-state index is 12.7. The molecule has 1 fully saturated rings. The van der Waals surface area contributed by atoms with Gasteiger partial charge in [-0.2, -0.15) is 0 Å². The van der Waals surface area contributed by atoms with Crippen molar-refractivity contribution in [3.8, 4) is 17.1 Å². The number of hydrogen-bond donors (Lipinski definition) is 0. The number of methoxy groups -OCH3 is 1. The van der Waals surface area contributed by atoms with Gasteiger partial charge in [-0.25, -0.2) is 0 Å².